The molecule has 2 heterocycles. The predicted molar refractivity (Wildman–Crippen MR) is 222 cm³/mol. The number of aryl methyl sites for hydroxylation is 1. The fourth-order valence-electron chi connectivity index (χ4n) is 6.95. The van der Waals surface area contributed by atoms with Crippen LogP contribution in [0.25, 0.3) is 11.1 Å². The van der Waals surface area contributed by atoms with Crippen LogP contribution in [0.3, 0.4) is 0 Å². The zero-order valence-electron chi connectivity index (χ0n) is 33.2. The van der Waals surface area contributed by atoms with Crippen LogP contribution in [0.15, 0.2) is 64.8 Å². The van der Waals surface area contributed by atoms with Gasteiger partial charge in [0.1, 0.15) is 28.9 Å². The lowest BCUT2D eigenvalue weighted by Crippen LogP contribution is -2.39. The number of fused-ring (bicyclic) bond motifs is 1. The molecule has 1 atom stereocenters. The highest BCUT2D eigenvalue weighted by atomic mass is 32.2. The Bertz CT molecular complexity index is 1800. The summed E-state index contributed by atoms with van der Waals surface area (Å²) in [5.74, 6) is 2.78. The normalized spacial score (nSPS) is 14.3. The van der Waals surface area contributed by atoms with Gasteiger partial charge in [0.05, 0.1) is 32.4 Å². The maximum atomic E-state index is 13.3. The Morgan fingerprint density at radius 3 is 2.52 bits per heavy atom. The molecule has 10 nitrogen and oxygen atoms in total. The van der Waals surface area contributed by atoms with Crippen molar-refractivity contribution >= 4 is 24.4 Å². The highest BCUT2D eigenvalue weighted by Crippen LogP contribution is 2.38. The van der Waals surface area contributed by atoms with Gasteiger partial charge in [-0.25, -0.2) is 0 Å². The molecule has 0 radical (unpaired) electrons. The molecule has 1 N–H and O–H groups in total. The lowest BCUT2D eigenvalue weighted by atomic mass is 9.92. The van der Waals surface area contributed by atoms with Crippen LogP contribution < -0.4 is 19.5 Å². The fourth-order valence-corrected chi connectivity index (χ4v) is 7.49. The van der Waals surface area contributed by atoms with Gasteiger partial charge in [-0.3, -0.25) is 14.7 Å². The lowest BCUT2D eigenvalue weighted by molar-refractivity contribution is -0.129. The monoisotopic (exact) mass is 754 g/mol. The maximum absolute atomic E-state index is 13.3. The van der Waals surface area contributed by atoms with Crippen molar-refractivity contribution in [2.24, 2.45) is 12.0 Å². The number of carbonyl (C=O) groups excluding carboxylic acids is 1. The number of thioether (sulfide) groups is 1. The zero-order valence-corrected chi connectivity index (χ0v) is 34.1. The molecular weight excluding hydrogens is 697 g/mol. The van der Waals surface area contributed by atoms with Gasteiger partial charge in [0.2, 0.25) is 0 Å². The first-order valence-electron chi connectivity index (χ1n) is 18.8. The van der Waals surface area contributed by atoms with E-state index in [0.717, 1.165) is 92.2 Å². The average Bonchev–Trinajstić information content (AvgIpc) is 3.44. The second-order valence-electron chi connectivity index (χ2n) is 13.7. The van der Waals surface area contributed by atoms with Gasteiger partial charge >= 0.3 is 0 Å². The molecule has 1 aromatic heterocycles. The number of benzene rings is 2. The first-order valence-corrected chi connectivity index (χ1v) is 19.9. The van der Waals surface area contributed by atoms with Crippen molar-refractivity contribution in [1.82, 2.24) is 19.7 Å². The Morgan fingerprint density at radius 2 is 1.87 bits per heavy atom. The molecule has 1 aliphatic rings. The van der Waals surface area contributed by atoms with Crippen molar-refractivity contribution in [3.8, 4) is 34.4 Å². The lowest BCUT2D eigenvalue weighted by Gasteiger charge is -2.35. The summed E-state index contributed by atoms with van der Waals surface area (Å²) in [6, 6.07) is 12.4. The highest BCUT2D eigenvalue weighted by molar-refractivity contribution is 8.02. The van der Waals surface area contributed by atoms with E-state index in [-0.39, 0.29) is 17.5 Å². The summed E-state index contributed by atoms with van der Waals surface area (Å²) in [7, 11) is 7.54. The molecule has 1 amide bonds. The number of hydrogen-bond donors (Lipinski definition) is 1. The van der Waals surface area contributed by atoms with Crippen molar-refractivity contribution < 1.29 is 19.0 Å². The summed E-state index contributed by atoms with van der Waals surface area (Å²) in [5.41, 5.74) is 8.31. The number of methoxy groups -OCH3 is 2. The van der Waals surface area contributed by atoms with Crippen LogP contribution in [0, 0.1) is 25.2 Å². The van der Waals surface area contributed by atoms with Gasteiger partial charge in [-0.1, -0.05) is 25.0 Å². The number of unbranched alkanes of at least 4 members (excludes halogenated alkanes) is 3. The summed E-state index contributed by atoms with van der Waals surface area (Å²) < 4.78 is 20.3. The first kappa shape index (κ1) is 42.2. The summed E-state index contributed by atoms with van der Waals surface area (Å²) in [5, 5.41) is 14.8. The Morgan fingerprint density at radius 1 is 1.13 bits per heavy atom. The van der Waals surface area contributed by atoms with Gasteiger partial charge in [-0.15, -0.1) is 11.8 Å². The van der Waals surface area contributed by atoms with Gasteiger partial charge in [-0.2, -0.15) is 5.26 Å². The molecule has 2 aromatic carbocycles. The molecule has 1 unspecified atom stereocenters. The van der Waals surface area contributed by atoms with Gasteiger partial charge < -0.3 is 29.0 Å². The fraction of sp³-hybridized carbons (Fsp3) is 0.465. The molecule has 290 valence electrons. The Balaban J connectivity index is 1.28. The van der Waals surface area contributed by atoms with Crippen LogP contribution in [0.1, 0.15) is 66.6 Å². The number of likely N-dealkylation sites (N-methyl/N-ethyl adjacent to an activating group) is 1. The van der Waals surface area contributed by atoms with Crippen LogP contribution in [0.2, 0.25) is 0 Å². The largest absolute Gasteiger partial charge is 0.496 e. The van der Waals surface area contributed by atoms with E-state index in [2.05, 4.69) is 83.9 Å². The minimum atomic E-state index is -0.234. The average molecular weight is 755 g/mol. The smallest absolute Gasteiger partial charge is 0.264 e. The molecule has 0 saturated heterocycles. The van der Waals surface area contributed by atoms with Gasteiger partial charge in [0, 0.05) is 62.6 Å². The number of aromatic nitrogens is 1. The third-order valence-electron chi connectivity index (χ3n) is 10.3. The maximum Gasteiger partial charge on any atom is 0.264 e. The molecule has 54 heavy (non-hydrogen) atoms. The summed E-state index contributed by atoms with van der Waals surface area (Å²) >= 11 is 1.46. The quantitative estimate of drug-likeness (QED) is 0.0509. The molecule has 11 heteroatoms. The Kier molecular flexibility index (Phi) is 16.7. The number of nitriles is 1. The van der Waals surface area contributed by atoms with Crippen molar-refractivity contribution in [2.45, 2.75) is 65.5 Å². The van der Waals surface area contributed by atoms with E-state index < -0.39 is 0 Å². The van der Waals surface area contributed by atoms with Crippen molar-refractivity contribution in [1.29, 1.82) is 5.26 Å². The van der Waals surface area contributed by atoms with E-state index in [1.807, 2.05) is 20.0 Å². The van der Waals surface area contributed by atoms with Crippen molar-refractivity contribution in [2.75, 3.05) is 59.8 Å². The van der Waals surface area contributed by atoms with Gasteiger partial charge in [-0.05, 0) is 112 Å². The third-order valence-corrected chi connectivity index (χ3v) is 11.0. The zero-order chi connectivity index (χ0) is 39.0. The number of ether oxygens (including phenoxy) is 3. The van der Waals surface area contributed by atoms with Crippen LogP contribution >= 0.6 is 11.8 Å². The predicted octanol–water partition coefficient (Wildman–Crippen LogP) is 7.79. The molecule has 0 fully saturated rings. The van der Waals surface area contributed by atoms with Crippen LogP contribution in [0.4, 0.5) is 0 Å². The van der Waals surface area contributed by atoms with Gasteiger partial charge in [0.25, 0.3) is 5.91 Å². The molecule has 0 spiro atoms. The molecule has 0 bridgehead atoms. The number of nitrogens with zero attached hydrogens (tertiary/aromatic N) is 5. The molecule has 1 aliphatic heterocycles. The van der Waals surface area contributed by atoms with Crippen molar-refractivity contribution in [3.05, 3.63) is 87.7 Å². The van der Waals surface area contributed by atoms with Crippen LogP contribution in [0.5, 0.6) is 17.2 Å². The molecular formula is C43H58N6O4S. The third kappa shape index (κ3) is 11.0. The summed E-state index contributed by atoms with van der Waals surface area (Å²) in [6.07, 6.45) is 10.4. The van der Waals surface area contributed by atoms with Gasteiger partial charge in [0.15, 0.2) is 0 Å². The Hall–Kier alpha value is -4.50. The standard InChI is InChI=1S/C43H58N6O4S/c1-31-32(2)47(6)29-39(31)36-25-41(51-7)40(42(26-36)52-8)30-48(21-17-45-4)19-11-9-10-12-22-53-37-14-13-34-15-20-49(33(3)38(34)27-37)43(50)35(28-44)16-23-54-24-18-46-5/h13-14,16,18,24-27,29,33,45H,5,9-12,15,17,19-23,30H2,1-4,6-8H3/b24-18-,35-16+. The SMILES string of the molecule is C=N/C=C\SC/C=C(\C#N)C(=O)N1CCc2ccc(OCCCCCCN(CCNC)Cc3c(OC)cc(-c4cn(C)c(C)c4C)cc3OC)cc2C1C. The van der Waals surface area contributed by atoms with Crippen LogP contribution in [-0.4, -0.2) is 86.8 Å². The van der Waals surface area contributed by atoms with E-state index in [0.29, 0.717) is 18.9 Å². The molecule has 4 rings (SSSR count). The van der Waals surface area contributed by atoms with Crippen LogP contribution in [-0.2, 0) is 24.8 Å². The number of nitrogens with one attached hydrogen (secondary N) is 1. The van der Waals surface area contributed by atoms with E-state index in [1.165, 1.54) is 34.1 Å². The van der Waals surface area contributed by atoms with Crippen molar-refractivity contribution in [3.63, 3.8) is 0 Å². The minimum Gasteiger partial charge on any atom is -0.496 e. The second kappa shape index (κ2) is 21.4. The van der Waals surface area contributed by atoms with E-state index >= 15 is 0 Å². The number of amides is 1. The number of hydrogen-bond acceptors (Lipinski definition) is 9. The molecule has 0 aliphatic carbocycles. The first-order chi connectivity index (χ1) is 26.2. The topological polar surface area (TPSA) is 104 Å². The van der Waals surface area contributed by atoms with E-state index in [4.69, 9.17) is 14.2 Å². The summed E-state index contributed by atoms with van der Waals surface area (Å²) in [6.45, 7) is 14.5. The molecule has 0 saturated carbocycles. The number of aliphatic imine (C=N–C) groups is 1. The number of carbonyl (C=O) groups is 1. The van der Waals surface area contributed by atoms with E-state index in [9.17, 15) is 10.1 Å². The molecule has 3 aromatic rings. The summed E-state index contributed by atoms with van der Waals surface area (Å²) in [4.78, 5) is 21.2. The Labute approximate surface area is 326 Å². The highest BCUT2D eigenvalue weighted by Gasteiger charge is 2.30. The second-order valence-corrected chi connectivity index (χ2v) is 14.6. The number of rotatable bonds is 21. The minimum absolute atomic E-state index is 0.153. The van der Waals surface area contributed by atoms with E-state index in [1.54, 1.807) is 36.8 Å².